The van der Waals surface area contributed by atoms with E-state index in [9.17, 15) is 4.79 Å². The van der Waals surface area contributed by atoms with Crippen molar-refractivity contribution in [3.63, 3.8) is 0 Å². The SMILES string of the molecule is COc1ccc(-c2nc(C)c(C(=O)NC3CCOc4ccc(Br)cc43)s2)cc1OC. The summed E-state index contributed by atoms with van der Waals surface area (Å²) in [6.45, 7) is 2.42. The quantitative estimate of drug-likeness (QED) is 0.537. The highest BCUT2D eigenvalue weighted by Crippen LogP contribution is 2.37. The van der Waals surface area contributed by atoms with Crippen LogP contribution in [0.2, 0.25) is 0 Å². The molecule has 0 radical (unpaired) electrons. The Morgan fingerprint density at radius 3 is 2.77 bits per heavy atom. The first-order chi connectivity index (χ1) is 14.5. The average molecular weight is 489 g/mol. The van der Waals surface area contributed by atoms with Crippen LogP contribution in [0.4, 0.5) is 0 Å². The van der Waals surface area contributed by atoms with E-state index >= 15 is 0 Å². The Labute approximate surface area is 187 Å². The van der Waals surface area contributed by atoms with Crippen molar-refractivity contribution in [2.75, 3.05) is 20.8 Å². The fourth-order valence-corrected chi connectivity index (χ4v) is 4.78. The summed E-state index contributed by atoms with van der Waals surface area (Å²) in [6.07, 6.45) is 0.718. The Bertz CT molecular complexity index is 1100. The van der Waals surface area contributed by atoms with E-state index in [2.05, 4.69) is 26.2 Å². The van der Waals surface area contributed by atoms with Gasteiger partial charge in [0.25, 0.3) is 5.91 Å². The number of thiazole rings is 1. The third-order valence-electron chi connectivity index (χ3n) is 4.95. The molecule has 0 fully saturated rings. The van der Waals surface area contributed by atoms with E-state index in [1.165, 1.54) is 11.3 Å². The van der Waals surface area contributed by atoms with Crippen LogP contribution in [-0.2, 0) is 0 Å². The summed E-state index contributed by atoms with van der Waals surface area (Å²) in [4.78, 5) is 18.3. The molecule has 0 spiro atoms. The molecule has 1 N–H and O–H groups in total. The van der Waals surface area contributed by atoms with Crippen LogP contribution in [0.5, 0.6) is 17.2 Å². The van der Waals surface area contributed by atoms with E-state index in [0.29, 0.717) is 28.7 Å². The highest BCUT2D eigenvalue weighted by Gasteiger charge is 2.26. The summed E-state index contributed by atoms with van der Waals surface area (Å²) in [5.74, 6) is 1.95. The van der Waals surface area contributed by atoms with Crippen LogP contribution in [0.1, 0.15) is 33.4 Å². The maximum atomic E-state index is 13.1. The van der Waals surface area contributed by atoms with Gasteiger partial charge in [-0.25, -0.2) is 4.98 Å². The van der Waals surface area contributed by atoms with Gasteiger partial charge in [0.2, 0.25) is 0 Å². The number of methoxy groups -OCH3 is 2. The van der Waals surface area contributed by atoms with Gasteiger partial charge in [0.1, 0.15) is 15.6 Å². The zero-order valence-corrected chi connectivity index (χ0v) is 19.2. The third kappa shape index (κ3) is 4.02. The first kappa shape index (κ1) is 20.7. The zero-order valence-electron chi connectivity index (χ0n) is 16.8. The molecule has 4 rings (SSSR count). The minimum absolute atomic E-state index is 0.107. The summed E-state index contributed by atoms with van der Waals surface area (Å²) in [5.41, 5.74) is 2.55. The second kappa shape index (κ2) is 8.65. The zero-order chi connectivity index (χ0) is 21.3. The van der Waals surface area contributed by atoms with Gasteiger partial charge in [0.15, 0.2) is 11.5 Å². The number of benzene rings is 2. The minimum atomic E-state index is -0.130. The van der Waals surface area contributed by atoms with E-state index in [1.54, 1.807) is 14.2 Å². The molecule has 8 heteroatoms. The number of halogens is 1. The fraction of sp³-hybridized carbons (Fsp3) is 0.273. The molecule has 1 aliphatic rings. The van der Waals surface area contributed by atoms with E-state index in [0.717, 1.165) is 32.8 Å². The monoisotopic (exact) mass is 488 g/mol. The Hall–Kier alpha value is -2.58. The number of hydrogen-bond acceptors (Lipinski definition) is 6. The molecule has 0 saturated carbocycles. The van der Waals surface area contributed by atoms with Gasteiger partial charge in [-0.2, -0.15) is 0 Å². The molecule has 3 aromatic rings. The van der Waals surface area contributed by atoms with E-state index in [-0.39, 0.29) is 11.9 Å². The molecule has 1 amide bonds. The van der Waals surface area contributed by atoms with Crippen LogP contribution in [0.25, 0.3) is 10.6 Å². The molecule has 0 aliphatic carbocycles. The number of rotatable bonds is 5. The van der Waals surface area contributed by atoms with Crippen molar-refractivity contribution >= 4 is 33.2 Å². The lowest BCUT2D eigenvalue weighted by Crippen LogP contribution is -2.32. The molecule has 1 aliphatic heterocycles. The predicted molar refractivity (Wildman–Crippen MR) is 120 cm³/mol. The molecule has 2 heterocycles. The standard InChI is InChI=1S/C22H21BrN2O4S/c1-12-20(30-22(24-12)13-4-6-18(27-2)19(10-13)28-3)21(26)25-16-8-9-29-17-7-5-14(23)11-15(16)17/h4-7,10-11,16H,8-9H2,1-3H3,(H,25,26). The van der Waals surface area contributed by atoms with Gasteiger partial charge < -0.3 is 19.5 Å². The summed E-state index contributed by atoms with van der Waals surface area (Å²) in [5, 5.41) is 3.91. The fourth-order valence-electron chi connectivity index (χ4n) is 3.44. The van der Waals surface area contributed by atoms with Crippen molar-refractivity contribution < 1.29 is 19.0 Å². The molecule has 2 aromatic carbocycles. The highest BCUT2D eigenvalue weighted by molar-refractivity contribution is 9.10. The smallest absolute Gasteiger partial charge is 0.263 e. The number of amides is 1. The summed E-state index contributed by atoms with van der Waals surface area (Å²) in [6, 6.07) is 11.4. The molecule has 0 saturated heterocycles. The van der Waals surface area contributed by atoms with Crippen LogP contribution >= 0.6 is 27.3 Å². The predicted octanol–water partition coefficient (Wildman–Crippen LogP) is 5.15. The number of ether oxygens (including phenoxy) is 3. The third-order valence-corrected chi connectivity index (χ3v) is 6.65. The first-order valence-corrected chi connectivity index (χ1v) is 11.0. The molecule has 1 unspecified atom stereocenters. The maximum absolute atomic E-state index is 13.1. The Kier molecular flexibility index (Phi) is 5.97. The van der Waals surface area contributed by atoms with Crippen LogP contribution in [-0.4, -0.2) is 31.7 Å². The Morgan fingerprint density at radius 1 is 1.20 bits per heavy atom. The number of nitrogens with one attached hydrogen (secondary N) is 1. The second-order valence-corrected chi connectivity index (χ2v) is 8.76. The molecule has 156 valence electrons. The van der Waals surface area contributed by atoms with Crippen LogP contribution in [0, 0.1) is 6.92 Å². The van der Waals surface area contributed by atoms with Gasteiger partial charge in [-0.15, -0.1) is 11.3 Å². The van der Waals surface area contributed by atoms with Gasteiger partial charge in [0, 0.05) is 22.0 Å². The van der Waals surface area contributed by atoms with Gasteiger partial charge in [-0.1, -0.05) is 15.9 Å². The van der Waals surface area contributed by atoms with E-state index < -0.39 is 0 Å². The average Bonchev–Trinajstić information content (AvgIpc) is 3.15. The van der Waals surface area contributed by atoms with Crippen molar-refractivity contribution in [1.29, 1.82) is 0 Å². The number of aryl methyl sites for hydroxylation is 1. The number of aromatic nitrogens is 1. The van der Waals surface area contributed by atoms with E-state index in [1.807, 2.05) is 43.3 Å². The maximum Gasteiger partial charge on any atom is 0.263 e. The van der Waals surface area contributed by atoms with E-state index in [4.69, 9.17) is 14.2 Å². The topological polar surface area (TPSA) is 69.7 Å². The largest absolute Gasteiger partial charge is 0.493 e. The van der Waals surface area contributed by atoms with Crippen molar-refractivity contribution in [3.05, 3.63) is 57.0 Å². The van der Waals surface area contributed by atoms with Crippen LogP contribution < -0.4 is 19.5 Å². The first-order valence-electron chi connectivity index (χ1n) is 9.43. The van der Waals surface area contributed by atoms with Gasteiger partial charge in [0.05, 0.1) is 32.6 Å². The number of carbonyl (C=O) groups is 1. The number of nitrogens with zero attached hydrogens (tertiary/aromatic N) is 1. The Balaban J connectivity index is 1.59. The normalized spacial score (nSPS) is 15.1. The lowest BCUT2D eigenvalue weighted by molar-refractivity contribution is 0.0928. The van der Waals surface area contributed by atoms with Crippen LogP contribution in [0.15, 0.2) is 40.9 Å². The molecular formula is C22H21BrN2O4S. The van der Waals surface area contributed by atoms with Crippen molar-refractivity contribution in [3.8, 4) is 27.8 Å². The molecular weight excluding hydrogens is 468 g/mol. The van der Waals surface area contributed by atoms with Crippen molar-refractivity contribution in [1.82, 2.24) is 10.3 Å². The second-order valence-electron chi connectivity index (χ2n) is 6.85. The lowest BCUT2D eigenvalue weighted by Gasteiger charge is -2.26. The lowest BCUT2D eigenvalue weighted by atomic mass is 10.0. The highest BCUT2D eigenvalue weighted by atomic mass is 79.9. The molecule has 1 aromatic heterocycles. The molecule has 0 bridgehead atoms. The van der Waals surface area contributed by atoms with Crippen molar-refractivity contribution in [2.45, 2.75) is 19.4 Å². The molecule has 6 nitrogen and oxygen atoms in total. The number of hydrogen-bond donors (Lipinski definition) is 1. The number of carbonyl (C=O) groups excluding carboxylic acids is 1. The van der Waals surface area contributed by atoms with Crippen LogP contribution in [0.3, 0.4) is 0 Å². The van der Waals surface area contributed by atoms with Gasteiger partial charge >= 0.3 is 0 Å². The van der Waals surface area contributed by atoms with Crippen molar-refractivity contribution in [2.24, 2.45) is 0 Å². The minimum Gasteiger partial charge on any atom is -0.493 e. The molecule has 1 atom stereocenters. The number of fused-ring (bicyclic) bond motifs is 1. The summed E-state index contributed by atoms with van der Waals surface area (Å²) < 4.78 is 17.4. The Morgan fingerprint density at radius 2 is 2.00 bits per heavy atom. The summed E-state index contributed by atoms with van der Waals surface area (Å²) >= 11 is 4.86. The molecule has 30 heavy (non-hydrogen) atoms. The van der Waals surface area contributed by atoms with Gasteiger partial charge in [-0.3, -0.25) is 4.79 Å². The van der Waals surface area contributed by atoms with Gasteiger partial charge in [-0.05, 0) is 43.3 Å². The summed E-state index contributed by atoms with van der Waals surface area (Å²) in [7, 11) is 3.19.